The van der Waals surface area contributed by atoms with Gasteiger partial charge >= 0.3 is 0 Å². The first-order chi connectivity index (χ1) is 9.81. The third-order valence-electron chi connectivity index (χ3n) is 3.00. The number of carbonyl (C=O) groups excluding carboxylic acids is 2. The summed E-state index contributed by atoms with van der Waals surface area (Å²) in [5.41, 5.74) is 1.12. The minimum Gasteiger partial charge on any atom is -0.347 e. The first kappa shape index (κ1) is 17.7. The lowest BCUT2D eigenvalue weighted by atomic mass is 10.2. The third-order valence-corrected chi connectivity index (χ3v) is 3.77. The lowest BCUT2D eigenvalue weighted by Gasteiger charge is -2.21. The van der Waals surface area contributed by atoms with E-state index in [4.69, 9.17) is 0 Å². The second-order valence-corrected chi connectivity index (χ2v) is 6.14. The van der Waals surface area contributed by atoms with Crippen molar-refractivity contribution in [1.29, 1.82) is 0 Å². The zero-order chi connectivity index (χ0) is 16.0. The van der Waals surface area contributed by atoms with E-state index in [1.54, 1.807) is 21.0 Å². The number of hydrogen-bond acceptors (Lipinski definition) is 3. The first-order valence-corrected chi connectivity index (χ1v) is 7.53. The maximum absolute atomic E-state index is 11.9. The molecule has 0 aromatic heterocycles. The van der Waals surface area contributed by atoms with Crippen LogP contribution in [0.4, 0.5) is 0 Å². The molecule has 2 amide bonds. The van der Waals surface area contributed by atoms with Crippen LogP contribution in [-0.4, -0.2) is 55.3 Å². The van der Waals surface area contributed by atoms with E-state index in [0.717, 1.165) is 10.0 Å². The molecule has 0 aliphatic carbocycles. The molecule has 0 fully saturated rings. The number of amides is 2. The molecule has 0 radical (unpaired) electrons. The Bertz CT molecular complexity index is 505. The number of benzene rings is 1. The van der Waals surface area contributed by atoms with E-state index in [2.05, 4.69) is 21.2 Å². The summed E-state index contributed by atoms with van der Waals surface area (Å²) in [6, 6.07) is 7.39. The highest BCUT2D eigenvalue weighted by Gasteiger charge is 2.18. The number of hydrogen-bond donors (Lipinski definition) is 1. The average molecular weight is 356 g/mol. The molecule has 1 unspecified atom stereocenters. The predicted molar refractivity (Wildman–Crippen MR) is 86.8 cm³/mol. The maximum atomic E-state index is 11.9. The highest BCUT2D eigenvalue weighted by molar-refractivity contribution is 9.10. The van der Waals surface area contributed by atoms with Gasteiger partial charge in [0.2, 0.25) is 11.8 Å². The van der Waals surface area contributed by atoms with E-state index in [0.29, 0.717) is 6.54 Å². The highest BCUT2D eigenvalue weighted by atomic mass is 79.9. The van der Waals surface area contributed by atoms with Gasteiger partial charge in [0.1, 0.15) is 6.04 Å². The van der Waals surface area contributed by atoms with Gasteiger partial charge in [-0.15, -0.1) is 0 Å². The SMILES string of the molecule is CC(NC(=O)CN(C)Cc1ccccc1Br)C(=O)N(C)C. The van der Waals surface area contributed by atoms with Crippen LogP contribution in [0.2, 0.25) is 0 Å². The summed E-state index contributed by atoms with van der Waals surface area (Å²) in [6.45, 7) is 2.59. The van der Waals surface area contributed by atoms with E-state index in [-0.39, 0.29) is 18.4 Å². The smallest absolute Gasteiger partial charge is 0.244 e. The fraction of sp³-hybridized carbons (Fsp3) is 0.467. The van der Waals surface area contributed by atoms with Gasteiger partial charge in [-0.2, -0.15) is 0 Å². The molecule has 1 rings (SSSR count). The van der Waals surface area contributed by atoms with Crippen LogP contribution in [0.1, 0.15) is 12.5 Å². The molecule has 5 nitrogen and oxygen atoms in total. The van der Waals surface area contributed by atoms with Crippen LogP contribution in [0.15, 0.2) is 28.7 Å². The summed E-state index contributed by atoms with van der Waals surface area (Å²) >= 11 is 3.49. The number of carbonyl (C=O) groups is 2. The van der Waals surface area contributed by atoms with Gasteiger partial charge in [-0.3, -0.25) is 14.5 Å². The van der Waals surface area contributed by atoms with Crippen molar-refractivity contribution in [1.82, 2.24) is 15.1 Å². The Morgan fingerprint density at radius 2 is 1.86 bits per heavy atom. The van der Waals surface area contributed by atoms with Gasteiger partial charge in [-0.05, 0) is 25.6 Å². The molecule has 0 saturated heterocycles. The fourth-order valence-corrected chi connectivity index (χ4v) is 2.36. The van der Waals surface area contributed by atoms with Gasteiger partial charge in [0, 0.05) is 25.1 Å². The molecule has 21 heavy (non-hydrogen) atoms. The van der Waals surface area contributed by atoms with Gasteiger partial charge in [-0.25, -0.2) is 0 Å². The van der Waals surface area contributed by atoms with Crippen LogP contribution in [-0.2, 0) is 16.1 Å². The van der Waals surface area contributed by atoms with Crippen LogP contribution in [0.3, 0.4) is 0 Å². The van der Waals surface area contributed by atoms with E-state index < -0.39 is 6.04 Å². The number of nitrogens with one attached hydrogen (secondary N) is 1. The second-order valence-electron chi connectivity index (χ2n) is 5.29. The molecule has 1 atom stereocenters. The Morgan fingerprint density at radius 1 is 1.24 bits per heavy atom. The number of rotatable bonds is 6. The molecule has 1 N–H and O–H groups in total. The van der Waals surface area contributed by atoms with Crippen molar-refractivity contribution >= 4 is 27.7 Å². The summed E-state index contributed by atoms with van der Waals surface area (Å²) in [7, 11) is 5.21. The Morgan fingerprint density at radius 3 is 2.43 bits per heavy atom. The molecule has 1 aromatic carbocycles. The molecular weight excluding hydrogens is 334 g/mol. The lowest BCUT2D eigenvalue weighted by molar-refractivity contribution is -0.134. The normalized spacial score (nSPS) is 12.1. The summed E-state index contributed by atoms with van der Waals surface area (Å²) in [4.78, 5) is 27.0. The summed E-state index contributed by atoms with van der Waals surface area (Å²) < 4.78 is 1.02. The van der Waals surface area contributed by atoms with Crippen molar-refractivity contribution in [2.45, 2.75) is 19.5 Å². The van der Waals surface area contributed by atoms with Gasteiger partial charge in [-0.1, -0.05) is 34.1 Å². The molecule has 0 aliphatic rings. The number of nitrogens with zero attached hydrogens (tertiary/aromatic N) is 2. The Balaban J connectivity index is 2.48. The Hall–Kier alpha value is -1.40. The van der Waals surface area contributed by atoms with Crippen LogP contribution >= 0.6 is 15.9 Å². The molecule has 0 aliphatic heterocycles. The zero-order valence-electron chi connectivity index (χ0n) is 12.9. The monoisotopic (exact) mass is 355 g/mol. The Kier molecular flexibility index (Phi) is 6.84. The summed E-state index contributed by atoms with van der Waals surface area (Å²) in [6.07, 6.45) is 0. The average Bonchev–Trinajstić information content (AvgIpc) is 2.39. The van der Waals surface area contributed by atoms with Crippen LogP contribution < -0.4 is 5.32 Å². The molecule has 116 valence electrons. The molecule has 1 aromatic rings. The van der Waals surface area contributed by atoms with Crippen molar-refractivity contribution in [3.63, 3.8) is 0 Å². The lowest BCUT2D eigenvalue weighted by Crippen LogP contribution is -2.47. The quantitative estimate of drug-likeness (QED) is 0.840. The third kappa shape index (κ3) is 5.85. The zero-order valence-corrected chi connectivity index (χ0v) is 14.5. The van der Waals surface area contributed by atoms with Gasteiger partial charge in [0.15, 0.2) is 0 Å². The maximum Gasteiger partial charge on any atom is 0.244 e. The molecule has 0 saturated carbocycles. The van der Waals surface area contributed by atoms with Crippen molar-refractivity contribution < 1.29 is 9.59 Å². The molecule has 0 spiro atoms. The van der Waals surface area contributed by atoms with E-state index in [9.17, 15) is 9.59 Å². The molecule has 6 heteroatoms. The van der Waals surface area contributed by atoms with Gasteiger partial charge in [0.25, 0.3) is 0 Å². The van der Waals surface area contributed by atoms with Crippen molar-refractivity contribution in [3.05, 3.63) is 34.3 Å². The van der Waals surface area contributed by atoms with Crippen LogP contribution in [0, 0.1) is 0 Å². The number of likely N-dealkylation sites (N-methyl/N-ethyl adjacent to an activating group) is 2. The molecular formula is C15H22BrN3O2. The first-order valence-electron chi connectivity index (χ1n) is 6.73. The van der Waals surface area contributed by atoms with Gasteiger partial charge in [0.05, 0.1) is 6.54 Å². The van der Waals surface area contributed by atoms with Crippen molar-refractivity contribution in [3.8, 4) is 0 Å². The fourth-order valence-electron chi connectivity index (χ4n) is 1.95. The summed E-state index contributed by atoms with van der Waals surface area (Å²) in [5, 5.41) is 2.71. The highest BCUT2D eigenvalue weighted by Crippen LogP contribution is 2.17. The van der Waals surface area contributed by atoms with E-state index >= 15 is 0 Å². The topological polar surface area (TPSA) is 52.7 Å². The predicted octanol–water partition coefficient (Wildman–Crippen LogP) is 1.47. The Labute approximate surface area is 134 Å². The van der Waals surface area contributed by atoms with Crippen LogP contribution in [0.5, 0.6) is 0 Å². The largest absolute Gasteiger partial charge is 0.347 e. The summed E-state index contributed by atoms with van der Waals surface area (Å²) in [5.74, 6) is -0.274. The number of halogens is 1. The molecule has 0 heterocycles. The van der Waals surface area contributed by atoms with Crippen molar-refractivity contribution in [2.24, 2.45) is 0 Å². The van der Waals surface area contributed by atoms with Gasteiger partial charge < -0.3 is 10.2 Å². The molecule has 0 bridgehead atoms. The minimum absolute atomic E-state index is 0.114. The van der Waals surface area contributed by atoms with E-state index in [1.165, 1.54) is 4.90 Å². The van der Waals surface area contributed by atoms with Crippen molar-refractivity contribution in [2.75, 3.05) is 27.7 Å². The second kappa shape index (κ2) is 8.14. The minimum atomic E-state index is -0.510. The van der Waals surface area contributed by atoms with E-state index in [1.807, 2.05) is 36.2 Å². The van der Waals surface area contributed by atoms with Crippen LogP contribution in [0.25, 0.3) is 0 Å². The standard InChI is InChI=1S/C15H22BrN3O2/c1-11(15(21)18(2)3)17-14(20)10-19(4)9-12-7-5-6-8-13(12)16/h5-8,11H,9-10H2,1-4H3,(H,17,20).